The molecule has 1 fully saturated rings. The summed E-state index contributed by atoms with van der Waals surface area (Å²) in [6.07, 6.45) is 7.67. The van der Waals surface area contributed by atoms with Gasteiger partial charge in [-0.2, -0.15) is 0 Å². The Morgan fingerprint density at radius 1 is 0.795 bits per heavy atom. The van der Waals surface area contributed by atoms with E-state index in [1.165, 1.54) is 36.1 Å². The third-order valence-electron chi connectivity index (χ3n) is 8.47. The Morgan fingerprint density at radius 3 is 2.20 bits per heavy atom. The van der Waals surface area contributed by atoms with Crippen molar-refractivity contribution in [1.82, 2.24) is 5.32 Å². The molecule has 0 unspecified atom stereocenters. The van der Waals surface area contributed by atoms with Crippen LogP contribution in [0.5, 0.6) is 0 Å². The van der Waals surface area contributed by atoms with E-state index in [9.17, 15) is 14.0 Å². The molecule has 1 heterocycles. The lowest BCUT2D eigenvalue weighted by Crippen LogP contribution is -2.36. The maximum Gasteiger partial charge on any atom is 0.255 e. The van der Waals surface area contributed by atoms with Gasteiger partial charge in [0, 0.05) is 36.6 Å². The highest BCUT2D eigenvalue weighted by molar-refractivity contribution is 6.06. The number of carbonyl (C=O) groups excluding carboxylic acids is 2. The van der Waals surface area contributed by atoms with Crippen molar-refractivity contribution in [3.63, 3.8) is 0 Å². The van der Waals surface area contributed by atoms with Crippen LogP contribution in [0.3, 0.4) is 0 Å². The van der Waals surface area contributed by atoms with E-state index in [1.54, 1.807) is 18.2 Å². The van der Waals surface area contributed by atoms with Crippen LogP contribution in [-0.2, 0) is 19.4 Å². The number of benzene rings is 4. The first-order valence-corrected chi connectivity index (χ1v) is 15.8. The van der Waals surface area contributed by atoms with Crippen molar-refractivity contribution in [2.24, 2.45) is 5.92 Å². The first kappa shape index (κ1) is 31.0. The Labute approximate surface area is 260 Å². The Bertz CT molecular complexity index is 1510. The first-order chi connectivity index (χ1) is 21.5. The van der Waals surface area contributed by atoms with E-state index in [0.29, 0.717) is 22.7 Å². The zero-order valence-electron chi connectivity index (χ0n) is 25.5. The van der Waals surface area contributed by atoms with Gasteiger partial charge in [0.15, 0.2) is 0 Å². The van der Waals surface area contributed by atoms with Crippen LogP contribution in [0.2, 0.25) is 0 Å². The molecule has 2 amide bonds. The molecule has 2 N–H and O–H groups in total. The number of carbonyl (C=O) groups is 2. The Morgan fingerprint density at radius 2 is 1.50 bits per heavy atom. The Hall–Kier alpha value is -4.45. The number of halogens is 1. The fraction of sp³-hybridized carbons (Fsp3) is 0.316. The predicted molar refractivity (Wildman–Crippen MR) is 177 cm³/mol. The standard InChI is InChI=1S/C38H42FN3O2/c1-2-3-5-8-28-11-15-32(16-12-28)37(43)41-34-19-20-36(35(26-34)38(44)40-27-31-13-17-33(39)18-14-31)42-23-21-30(22-24-42)25-29-9-6-4-7-10-29/h4,6-7,9-20,26,30H,2-3,5,8,21-25,27H2,1H3,(H,40,44)(H,41,43). The fourth-order valence-corrected chi connectivity index (χ4v) is 5.88. The largest absolute Gasteiger partial charge is 0.371 e. The molecule has 0 bridgehead atoms. The molecular weight excluding hydrogens is 549 g/mol. The molecule has 5 rings (SSSR count). The van der Waals surface area contributed by atoms with E-state index in [0.717, 1.165) is 56.4 Å². The highest BCUT2D eigenvalue weighted by Crippen LogP contribution is 2.30. The van der Waals surface area contributed by atoms with Gasteiger partial charge in [0.25, 0.3) is 11.8 Å². The third-order valence-corrected chi connectivity index (χ3v) is 8.47. The summed E-state index contributed by atoms with van der Waals surface area (Å²) in [6.45, 7) is 4.17. The molecule has 5 nitrogen and oxygen atoms in total. The van der Waals surface area contributed by atoms with Crippen molar-refractivity contribution in [3.8, 4) is 0 Å². The van der Waals surface area contributed by atoms with Gasteiger partial charge in [0.1, 0.15) is 5.82 Å². The number of unbranched alkanes of at least 4 members (excludes halogenated alkanes) is 2. The molecule has 0 atom stereocenters. The molecule has 4 aromatic rings. The number of anilines is 2. The molecular formula is C38H42FN3O2. The molecule has 6 heteroatoms. The van der Waals surface area contributed by atoms with Gasteiger partial charge < -0.3 is 15.5 Å². The molecule has 4 aromatic carbocycles. The van der Waals surface area contributed by atoms with Crippen LogP contribution >= 0.6 is 0 Å². The minimum Gasteiger partial charge on any atom is -0.371 e. The number of hydrogen-bond donors (Lipinski definition) is 2. The van der Waals surface area contributed by atoms with Crippen LogP contribution in [0.25, 0.3) is 0 Å². The minimum atomic E-state index is -0.312. The summed E-state index contributed by atoms with van der Waals surface area (Å²) in [5.74, 6) is -0.158. The van der Waals surface area contributed by atoms with Crippen LogP contribution in [0.15, 0.2) is 97.1 Å². The summed E-state index contributed by atoms with van der Waals surface area (Å²) < 4.78 is 13.4. The van der Waals surface area contributed by atoms with Gasteiger partial charge in [0.2, 0.25) is 0 Å². The average molecular weight is 592 g/mol. The van der Waals surface area contributed by atoms with Gasteiger partial charge in [-0.05, 0) is 97.2 Å². The molecule has 228 valence electrons. The molecule has 0 saturated carbocycles. The molecule has 0 aliphatic carbocycles. The second-order valence-corrected chi connectivity index (χ2v) is 11.8. The number of nitrogens with zero attached hydrogens (tertiary/aromatic N) is 1. The first-order valence-electron chi connectivity index (χ1n) is 15.8. The van der Waals surface area contributed by atoms with Gasteiger partial charge in [-0.25, -0.2) is 4.39 Å². The van der Waals surface area contributed by atoms with Crippen molar-refractivity contribution < 1.29 is 14.0 Å². The van der Waals surface area contributed by atoms with Gasteiger partial charge in [-0.15, -0.1) is 0 Å². The number of hydrogen-bond acceptors (Lipinski definition) is 3. The highest BCUT2D eigenvalue weighted by Gasteiger charge is 2.24. The lowest BCUT2D eigenvalue weighted by Gasteiger charge is -2.35. The predicted octanol–water partition coefficient (Wildman–Crippen LogP) is 8.20. The SMILES string of the molecule is CCCCCc1ccc(C(=O)Nc2ccc(N3CCC(Cc4ccccc4)CC3)c(C(=O)NCc3ccc(F)cc3)c2)cc1. The fourth-order valence-electron chi connectivity index (χ4n) is 5.88. The van der Waals surface area contributed by atoms with Crippen molar-refractivity contribution in [3.05, 3.63) is 131 Å². The maximum absolute atomic E-state index is 13.6. The second-order valence-electron chi connectivity index (χ2n) is 11.8. The van der Waals surface area contributed by atoms with E-state index in [4.69, 9.17) is 0 Å². The molecule has 1 aliphatic heterocycles. The number of amides is 2. The summed E-state index contributed by atoms with van der Waals surface area (Å²) in [7, 11) is 0. The molecule has 1 aliphatic rings. The third kappa shape index (κ3) is 8.56. The lowest BCUT2D eigenvalue weighted by atomic mass is 9.89. The summed E-state index contributed by atoms with van der Waals surface area (Å²) in [5.41, 5.74) is 5.91. The Balaban J connectivity index is 1.29. The van der Waals surface area contributed by atoms with E-state index >= 15 is 0 Å². The number of aryl methyl sites for hydroxylation is 1. The molecule has 0 radical (unpaired) electrons. The normalized spacial score (nSPS) is 13.5. The van der Waals surface area contributed by atoms with Crippen molar-refractivity contribution >= 4 is 23.2 Å². The van der Waals surface area contributed by atoms with E-state index in [-0.39, 0.29) is 24.2 Å². The monoisotopic (exact) mass is 591 g/mol. The van der Waals surface area contributed by atoms with Crippen LogP contribution in [-0.4, -0.2) is 24.9 Å². The summed E-state index contributed by atoms with van der Waals surface area (Å²) in [4.78, 5) is 29.0. The maximum atomic E-state index is 13.6. The quantitative estimate of drug-likeness (QED) is 0.163. The molecule has 44 heavy (non-hydrogen) atoms. The van der Waals surface area contributed by atoms with Crippen LogP contribution in [0, 0.1) is 11.7 Å². The molecule has 1 saturated heterocycles. The zero-order valence-corrected chi connectivity index (χ0v) is 25.5. The smallest absolute Gasteiger partial charge is 0.255 e. The summed E-state index contributed by atoms with van der Waals surface area (Å²) >= 11 is 0. The van der Waals surface area contributed by atoms with Crippen molar-refractivity contribution in [1.29, 1.82) is 0 Å². The lowest BCUT2D eigenvalue weighted by molar-refractivity contribution is 0.0950. The van der Waals surface area contributed by atoms with Gasteiger partial charge in [-0.1, -0.05) is 74.4 Å². The number of piperidine rings is 1. The minimum absolute atomic E-state index is 0.211. The summed E-state index contributed by atoms with van der Waals surface area (Å²) in [5, 5.41) is 5.98. The Kier molecular flexibility index (Phi) is 10.8. The van der Waals surface area contributed by atoms with Crippen molar-refractivity contribution in [2.75, 3.05) is 23.3 Å². The van der Waals surface area contributed by atoms with Gasteiger partial charge >= 0.3 is 0 Å². The van der Waals surface area contributed by atoms with Crippen LogP contribution in [0.1, 0.15) is 76.4 Å². The number of nitrogens with one attached hydrogen (secondary N) is 2. The van der Waals surface area contributed by atoms with E-state index in [2.05, 4.69) is 46.7 Å². The summed E-state index contributed by atoms with van der Waals surface area (Å²) in [6, 6.07) is 30.0. The van der Waals surface area contributed by atoms with Gasteiger partial charge in [-0.3, -0.25) is 9.59 Å². The second kappa shape index (κ2) is 15.3. The number of rotatable bonds is 12. The van der Waals surface area contributed by atoms with Crippen molar-refractivity contribution in [2.45, 2.75) is 58.4 Å². The molecule has 0 aromatic heterocycles. The zero-order chi connectivity index (χ0) is 30.7. The highest BCUT2D eigenvalue weighted by atomic mass is 19.1. The van der Waals surface area contributed by atoms with Crippen LogP contribution in [0.4, 0.5) is 15.8 Å². The molecule has 0 spiro atoms. The topological polar surface area (TPSA) is 61.4 Å². The van der Waals surface area contributed by atoms with Crippen LogP contribution < -0.4 is 15.5 Å². The van der Waals surface area contributed by atoms with E-state index in [1.807, 2.05) is 42.5 Å². The van der Waals surface area contributed by atoms with Gasteiger partial charge in [0.05, 0.1) is 5.56 Å². The average Bonchev–Trinajstić information content (AvgIpc) is 3.05. The van der Waals surface area contributed by atoms with E-state index < -0.39 is 0 Å².